The Morgan fingerprint density at radius 2 is 2.08 bits per heavy atom. The standard InChI is InChI=1S/C17H22FNO5/c1-5-22-15(20)9-12-10-23-14-8-11(18)6-7-13(14)19(12)16(21)24-17(2,3)4/h6-8,12H,5,9-10H2,1-4H3. The summed E-state index contributed by atoms with van der Waals surface area (Å²) in [6.07, 6.45) is -0.655. The number of ether oxygens (including phenoxy) is 3. The highest BCUT2D eigenvalue weighted by Gasteiger charge is 2.37. The molecule has 132 valence electrons. The van der Waals surface area contributed by atoms with E-state index in [1.807, 2.05) is 0 Å². The van der Waals surface area contributed by atoms with Gasteiger partial charge in [0.15, 0.2) is 0 Å². The van der Waals surface area contributed by atoms with Gasteiger partial charge in [0.2, 0.25) is 0 Å². The lowest BCUT2D eigenvalue weighted by atomic mass is 10.1. The van der Waals surface area contributed by atoms with Crippen molar-refractivity contribution < 1.29 is 28.2 Å². The highest BCUT2D eigenvalue weighted by molar-refractivity contribution is 5.92. The van der Waals surface area contributed by atoms with Gasteiger partial charge < -0.3 is 14.2 Å². The second-order valence-electron chi connectivity index (χ2n) is 6.44. The van der Waals surface area contributed by atoms with Gasteiger partial charge >= 0.3 is 12.1 Å². The number of amides is 1. The Balaban J connectivity index is 2.32. The van der Waals surface area contributed by atoms with Crippen LogP contribution in [-0.2, 0) is 14.3 Å². The predicted molar refractivity (Wildman–Crippen MR) is 85.6 cm³/mol. The van der Waals surface area contributed by atoms with Gasteiger partial charge in [-0.3, -0.25) is 9.69 Å². The first-order valence-electron chi connectivity index (χ1n) is 7.81. The number of halogens is 1. The smallest absolute Gasteiger partial charge is 0.415 e. The lowest BCUT2D eigenvalue weighted by molar-refractivity contribution is -0.143. The predicted octanol–water partition coefficient (Wildman–Crippen LogP) is 3.28. The first-order chi connectivity index (χ1) is 11.2. The molecule has 0 aliphatic carbocycles. The molecule has 2 rings (SSSR count). The molecule has 0 fully saturated rings. The van der Waals surface area contributed by atoms with Crippen molar-refractivity contribution in [2.75, 3.05) is 18.1 Å². The molecule has 0 N–H and O–H groups in total. The highest BCUT2D eigenvalue weighted by Crippen LogP contribution is 2.36. The third kappa shape index (κ3) is 4.37. The van der Waals surface area contributed by atoms with Crippen molar-refractivity contribution in [2.24, 2.45) is 0 Å². The molecule has 7 heteroatoms. The highest BCUT2D eigenvalue weighted by atomic mass is 19.1. The van der Waals surface area contributed by atoms with Gasteiger partial charge in [0, 0.05) is 6.07 Å². The number of nitrogens with zero attached hydrogens (tertiary/aromatic N) is 1. The van der Waals surface area contributed by atoms with Gasteiger partial charge in [-0.05, 0) is 39.8 Å². The summed E-state index contributed by atoms with van der Waals surface area (Å²) in [5.41, 5.74) is -0.337. The number of rotatable bonds is 3. The fraction of sp³-hybridized carbons (Fsp3) is 0.529. The molecule has 24 heavy (non-hydrogen) atoms. The van der Waals surface area contributed by atoms with Crippen LogP contribution in [0.2, 0.25) is 0 Å². The Labute approximate surface area is 140 Å². The summed E-state index contributed by atoms with van der Waals surface area (Å²) in [6, 6.07) is 3.28. The van der Waals surface area contributed by atoms with Crippen LogP contribution >= 0.6 is 0 Å². The van der Waals surface area contributed by atoms with Crippen molar-refractivity contribution >= 4 is 17.7 Å². The Morgan fingerprint density at radius 3 is 2.71 bits per heavy atom. The third-order valence-corrected chi connectivity index (χ3v) is 3.28. The summed E-state index contributed by atoms with van der Waals surface area (Å²) in [5, 5.41) is 0. The van der Waals surface area contributed by atoms with Crippen LogP contribution < -0.4 is 9.64 Å². The fourth-order valence-corrected chi connectivity index (χ4v) is 2.38. The largest absolute Gasteiger partial charge is 0.489 e. The molecule has 1 aliphatic rings. The number of carbonyl (C=O) groups excluding carboxylic acids is 2. The molecule has 1 atom stereocenters. The van der Waals surface area contributed by atoms with Crippen molar-refractivity contribution in [3.05, 3.63) is 24.0 Å². The topological polar surface area (TPSA) is 65.1 Å². The maximum atomic E-state index is 13.4. The second-order valence-corrected chi connectivity index (χ2v) is 6.44. The van der Waals surface area contributed by atoms with Crippen LogP contribution in [0.1, 0.15) is 34.1 Å². The first-order valence-corrected chi connectivity index (χ1v) is 7.81. The second kappa shape index (κ2) is 7.07. The van der Waals surface area contributed by atoms with Crippen molar-refractivity contribution in [2.45, 2.75) is 45.8 Å². The van der Waals surface area contributed by atoms with E-state index >= 15 is 0 Å². The monoisotopic (exact) mass is 339 g/mol. The maximum absolute atomic E-state index is 13.4. The Hall–Kier alpha value is -2.31. The van der Waals surface area contributed by atoms with Crippen LogP contribution in [0.3, 0.4) is 0 Å². The number of carbonyl (C=O) groups is 2. The maximum Gasteiger partial charge on any atom is 0.415 e. The van der Waals surface area contributed by atoms with Gasteiger partial charge in [0.25, 0.3) is 0 Å². The average molecular weight is 339 g/mol. The zero-order valence-electron chi connectivity index (χ0n) is 14.3. The van der Waals surface area contributed by atoms with E-state index in [0.29, 0.717) is 5.69 Å². The Morgan fingerprint density at radius 1 is 1.38 bits per heavy atom. The summed E-state index contributed by atoms with van der Waals surface area (Å²) in [6.45, 7) is 7.25. The normalized spacial score (nSPS) is 16.9. The molecule has 1 aromatic carbocycles. The number of fused-ring (bicyclic) bond motifs is 1. The Bertz CT molecular complexity index is 626. The number of hydrogen-bond acceptors (Lipinski definition) is 5. The van der Waals surface area contributed by atoms with E-state index in [4.69, 9.17) is 14.2 Å². The van der Waals surface area contributed by atoms with Crippen LogP contribution in [0.25, 0.3) is 0 Å². The van der Waals surface area contributed by atoms with Gasteiger partial charge in [0.1, 0.15) is 23.8 Å². The van der Waals surface area contributed by atoms with Gasteiger partial charge in [-0.2, -0.15) is 0 Å². The number of benzene rings is 1. The zero-order valence-corrected chi connectivity index (χ0v) is 14.3. The quantitative estimate of drug-likeness (QED) is 0.791. The third-order valence-electron chi connectivity index (χ3n) is 3.28. The minimum atomic E-state index is -0.704. The number of anilines is 1. The summed E-state index contributed by atoms with van der Waals surface area (Å²) in [5.74, 6) is -0.673. The van der Waals surface area contributed by atoms with Crippen LogP contribution in [0.15, 0.2) is 18.2 Å². The van der Waals surface area contributed by atoms with Crippen molar-refractivity contribution in [3.63, 3.8) is 0 Å². The zero-order chi connectivity index (χ0) is 17.9. The average Bonchev–Trinajstić information content (AvgIpc) is 2.45. The van der Waals surface area contributed by atoms with Gasteiger partial charge in [0.05, 0.1) is 24.8 Å². The summed E-state index contributed by atoms with van der Waals surface area (Å²) >= 11 is 0. The lowest BCUT2D eigenvalue weighted by Crippen LogP contribution is -2.49. The molecule has 0 aromatic heterocycles. The molecule has 1 heterocycles. The van der Waals surface area contributed by atoms with Crippen LogP contribution in [0, 0.1) is 5.82 Å². The molecule has 1 aliphatic heterocycles. The van der Waals surface area contributed by atoms with Gasteiger partial charge in [-0.25, -0.2) is 9.18 Å². The van der Waals surface area contributed by atoms with E-state index in [-0.39, 0.29) is 25.4 Å². The molecule has 0 saturated heterocycles. The van der Waals surface area contributed by atoms with Gasteiger partial charge in [-0.15, -0.1) is 0 Å². The van der Waals surface area contributed by atoms with E-state index in [2.05, 4.69) is 0 Å². The number of esters is 1. The summed E-state index contributed by atoms with van der Waals surface area (Å²) in [4.78, 5) is 25.8. The van der Waals surface area contributed by atoms with E-state index < -0.39 is 29.5 Å². The molecule has 0 bridgehead atoms. The van der Waals surface area contributed by atoms with E-state index in [1.54, 1.807) is 27.7 Å². The Kier molecular flexibility index (Phi) is 5.31. The lowest BCUT2D eigenvalue weighted by Gasteiger charge is -2.37. The van der Waals surface area contributed by atoms with Crippen LogP contribution in [0.5, 0.6) is 5.75 Å². The molecule has 6 nitrogen and oxygen atoms in total. The first kappa shape index (κ1) is 18.0. The molecule has 1 unspecified atom stereocenters. The van der Waals surface area contributed by atoms with Crippen LogP contribution in [0.4, 0.5) is 14.9 Å². The molecule has 1 amide bonds. The van der Waals surface area contributed by atoms with Crippen molar-refractivity contribution in [1.29, 1.82) is 0 Å². The van der Waals surface area contributed by atoms with Gasteiger partial charge in [-0.1, -0.05) is 0 Å². The molecule has 0 radical (unpaired) electrons. The van der Waals surface area contributed by atoms with Crippen molar-refractivity contribution in [3.8, 4) is 5.75 Å². The molecular formula is C17H22FNO5. The SMILES string of the molecule is CCOC(=O)CC1COc2cc(F)ccc2N1C(=O)OC(C)(C)C. The van der Waals surface area contributed by atoms with Crippen LogP contribution in [-0.4, -0.2) is 36.9 Å². The van der Waals surface area contributed by atoms with E-state index in [1.165, 1.54) is 23.1 Å². The molecule has 1 aromatic rings. The summed E-state index contributed by atoms with van der Waals surface area (Å²) < 4.78 is 29.3. The minimum absolute atomic E-state index is 0.0378. The minimum Gasteiger partial charge on any atom is -0.489 e. The fourth-order valence-electron chi connectivity index (χ4n) is 2.38. The number of hydrogen-bond donors (Lipinski definition) is 0. The summed E-state index contributed by atoms with van der Waals surface area (Å²) in [7, 11) is 0. The van der Waals surface area contributed by atoms with Crippen molar-refractivity contribution in [1.82, 2.24) is 0 Å². The molecule has 0 saturated carbocycles. The molecule has 0 spiro atoms. The molecular weight excluding hydrogens is 317 g/mol. The van der Waals surface area contributed by atoms with E-state index in [9.17, 15) is 14.0 Å². The van der Waals surface area contributed by atoms with E-state index in [0.717, 1.165) is 0 Å².